The molecule has 2 amide bonds. The Morgan fingerprint density at radius 1 is 1.19 bits per heavy atom. The lowest BCUT2D eigenvalue weighted by Gasteiger charge is -2.49. The van der Waals surface area contributed by atoms with E-state index < -0.39 is 11.3 Å². The molecule has 2 aliphatic heterocycles. The maximum Gasteiger partial charge on any atom is 0.323 e. The van der Waals surface area contributed by atoms with Crippen molar-refractivity contribution in [1.82, 2.24) is 15.1 Å². The van der Waals surface area contributed by atoms with E-state index >= 15 is 0 Å². The minimum atomic E-state index is -1.23. The zero-order valence-electron chi connectivity index (χ0n) is 16.2. The molecule has 142 valence electrons. The average Bonchev–Trinajstić information content (AvgIpc) is 2.74. The van der Waals surface area contributed by atoms with Gasteiger partial charge in [0.05, 0.1) is 12.1 Å². The fourth-order valence-corrected chi connectivity index (χ4v) is 4.95. The van der Waals surface area contributed by atoms with Crippen LogP contribution in [0.15, 0.2) is 30.9 Å². The predicted molar refractivity (Wildman–Crippen MR) is 104 cm³/mol. The number of amides is 2. The highest BCUT2D eigenvalue weighted by atomic mass is 16.3. The molecular weight excluding hydrogens is 326 g/mol. The summed E-state index contributed by atoms with van der Waals surface area (Å²) in [6.45, 7) is 12.6. The summed E-state index contributed by atoms with van der Waals surface area (Å²) in [5, 5.41) is 15.2. The smallest absolute Gasteiger partial charge is 0.323 e. The lowest BCUT2D eigenvalue weighted by molar-refractivity contribution is -0.142. The van der Waals surface area contributed by atoms with Crippen LogP contribution in [-0.4, -0.2) is 51.8 Å². The zero-order chi connectivity index (χ0) is 18.9. The third-order valence-electron chi connectivity index (χ3n) is 5.97. The van der Waals surface area contributed by atoms with Crippen LogP contribution in [-0.2, 0) is 6.54 Å². The van der Waals surface area contributed by atoms with E-state index in [4.69, 9.17) is 0 Å². The number of hydrogen-bond acceptors (Lipinski definition) is 3. The fourth-order valence-electron chi connectivity index (χ4n) is 4.95. The van der Waals surface area contributed by atoms with E-state index in [0.29, 0.717) is 19.5 Å². The van der Waals surface area contributed by atoms with Crippen molar-refractivity contribution in [3.05, 3.63) is 47.5 Å². The summed E-state index contributed by atoms with van der Waals surface area (Å²) in [6, 6.07) is 6.24. The molecule has 26 heavy (non-hydrogen) atoms. The largest absolute Gasteiger partial charge is 0.368 e. The van der Waals surface area contributed by atoms with Gasteiger partial charge in [-0.1, -0.05) is 35.4 Å². The first-order valence-corrected chi connectivity index (χ1v) is 9.58. The SMILES string of the molecule is C=CCC1(O)N(Cc2cc(C)cc(C)c2)C(=O)N(CC)C12CCNCC2. The van der Waals surface area contributed by atoms with E-state index in [0.717, 1.165) is 31.5 Å². The van der Waals surface area contributed by atoms with Crippen molar-refractivity contribution >= 4 is 6.03 Å². The Hall–Kier alpha value is -1.85. The first-order chi connectivity index (χ1) is 12.4. The Balaban J connectivity index is 2.04. The van der Waals surface area contributed by atoms with E-state index in [9.17, 15) is 9.90 Å². The number of rotatable bonds is 5. The van der Waals surface area contributed by atoms with Crippen molar-refractivity contribution in [1.29, 1.82) is 0 Å². The van der Waals surface area contributed by atoms with Gasteiger partial charge in [0.25, 0.3) is 0 Å². The number of nitrogens with one attached hydrogen (secondary N) is 1. The van der Waals surface area contributed by atoms with E-state index in [1.54, 1.807) is 11.0 Å². The molecular formula is C21H31N3O2. The molecule has 1 atom stereocenters. The van der Waals surface area contributed by atoms with Crippen LogP contribution in [0.5, 0.6) is 0 Å². The number of aliphatic hydroxyl groups is 1. The number of carbonyl (C=O) groups is 1. The van der Waals surface area contributed by atoms with Crippen molar-refractivity contribution in [3.8, 4) is 0 Å². The maximum absolute atomic E-state index is 13.3. The molecule has 0 aromatic heterocycles. The number of piperidine rings is 1. The van der Waals surface area contributed by atoms with Crippen LogP contribution in [0.25, 0.3) is 0 Å². The highest BCUT2D eigenvalue weighted by Gasteiger charge is 2.65. The van der Waals surface area contributed by atoms with Gasteiger partial charge >= 0.3 is 6.03 Å². The van der Waals surface area contributed by atoms with E-state index in [1.165, 1.54) is 11.1 Å². The van der Waals surface area contributed by atoms with Crippen LogP contribution in [0.4, 0.5) is 4.79 Å². The molecule has 0 aliphatic carbocycles. The molecule has 5 heteroatoms. The quantitative estimate of drug-likeness (QED) is 0.797. The molecule has 2 heterocycles. The molecule has 1 aromatic rings. The van der Waals surface area contributed by atoms with Crippen LogP contribution in [0.3, 0.4) is 0 Å². The van der Waals surface area contributed by atoms with Gasteiger partial charge in [-0.25, -0.2) is 4.79 Å². The van der Waals surface area contributed by atoms with Gasteiger partial charge in [0.2, 0.25) is 0 Å². The molecule has 2 fully saturated rings. The summed E-state index contributed by atoms with van der Waals surface area (Å²) in [7, 11) is 0. The van der Waals surface area contributed by atoms with E-state index in [2.05, 4.69) is 43.9 Å². The zero-order valence-corrected chi connectivity index (χ0v) is 16.2. The normalized spacial score (nSPS) is 25.2. The molecule has 5 nitrogen and oxygen atoms in total. The summed E-state index contributed by atoms with van der Waals surface area (Å²) >= 11 is 0. The number of nitrogens with zero attached hydrogens (tertiary/aromatic N) is 2. The summed E-state index contributed by atoms with van der Waals surface area (Å²) < 4.78 is 0. The van der Waals surface area contributed by atoms with Gasteiger partial charge < -0.3 is 15.3 Å². The van der Waals surface area contributed by atoms with Crippen LogP contribution < -0.4 is 5.32 Å². The maximum atomic E-state index is 13.3. The number of carbonyl (C=O) groups excluding carboxylic acids is 1. The summed E-state index contributed by atoms with van der Waals surface area (Å²) in [5.74, 6) is 0. The van der Waals surface area contributed by atoms with Crippen molar-refractivity contribution < 1.29 is 9.90 Å². The lowest BCUT2D eigenvalue weighted by Crippen LogP contribution is -2.65. The summed E-state index contributed by atoms with van der Waals surface area (Å²) in [5.41, 5.74) is 1.60. The second-order valence-electron chi connectivity index (χ2n) is 7.70. The van der Waals surface area contributed by atoms with Crippen LogP contribution in [0.1, 0.15) is 42.9 Å². The van der Waals surface area contributed by atoms with Crippen molar-refractivity contribution in [3.63, 3.8) is 0 Å². The van der Waals surface area contributed by atoms with Gasteiger partial charge in [-0.05, 0) is 52.3 Å². The first-order valence-electron chi connectivity index (χ1n) is 9.58. The second-order valence-corrected chi connectivity index (χ2v) is 7.70. The number of aryl methyl sites for hydroxylation is 2. The highest BCUT2D eigenvalue weighted by molar-refractivity contribution is 5.80. The topological polar surface area (TPSA) is 55.8 Å². The van der Waals surface area contributed by atoms with Gasteiger partial charge in [0.1, 0.15) is 0 Å². The molecule has 1 spiro atoms. The Morgan fingerprint density at radius 2 is 1.81 bits per heavy atom. The molecule has 1 unspecified atom stereocenters. The number of likely N-dealkylation sites (N-methyl/N-ethyl adjacent to an activating group) is 1. The molecule has 2 N–H and O–H groups in total. The van der Waals surface area contributed by atoms with Crippen LogP contribution >= 0.6 is 0 Å². The summed E-state index contributed by atoms with van der Waals surface area (Å²) in [4.78, 5) is 16.9. The second kappa shape index (κ2) is 7.05. The molecule has 0 saturated carbocycles. The summed E-state index contributed by atoms with van der Waals surface area (Å²) in [6.07, 6.45) is 3.62. The standard InChI is InChI=1S/C21H31N3O2/c1-5-7-21(26)20(8-10-22-11-9-20)23(6-2)19(25)24(21)15-18-13-16(3)12-17(4)14-18/h5,12-14,22,26H,1,6-11,15H2,2-4H3. The first kappa shape index (κ1) is 18.9. The van der Waals surface area contributed by atoms with Gasteiger partial charge in [-0.3, -0.25) is 4.90 Å². The highest BCUT2D eigenvalue weighted by Crippen LogP contribution is 2.48. The Kier molecular flexibility index (Phi) is 5.13. The van der Waals surface area contributed by atoms with E-state index in [-0.39, 0.29) is 6.03 Å². The van der Waals surface area contributed by atoms with Gasteiger partial charge in [-0.2, -0.15) is 0 Å². The third-order valence-corrected chi connectivity index (χ3v) is 5.97. The van der Waals surface area contributed by atoms with Crippen LogP contribution in [0, 0.1) is 13.8 Å². The van der Waals surface area contributed by atoms with Gasteiger partial charge in [-0.15, -0.1) is 6.58 Å². The van der Waals surface area contributed by atoms with Crippen molar-refractivity contribution in [2.45, 2.75) is 57.8 Å². The molecule has 3 rings (SSSR count). The van der Waals surface area contributed by atoms with Crippen molar-refractivity contribution in [2.75, 3.05) is 19.6 Å². The fraction of sp³-hybridized carbons (Fsp3) is 0.571. The Morgan fingerprint density at radius 3 is 2.35 bits per heavy atom. The average molecular weight is 357 g/mol. The van der Waals surface area contributed by atoms with Crippen LogP contribution in [0.2, 0.25) is 0 Å². The Labute approximate surface area is 156 Å². The number of benzene rings is 1. The number of urea groups is 1. The monoisotopic (exact) mass is 357 g/mol. The lowest BCUT2D eigenvalue weighted by atomic mass is 9.76. The number of hydrogen-bond donors (Lipinski definition) is 2. The third kappa shape index (κ3) is 2.83. The Bertz CT molecular complexity index is 676. The van der Waals surface area contributed by atoms with Crippen molar-refractivity contribution in [2.24, 2.45) is 0 Å². The van der Waals surface area contributed by atoms with Gasteiger partial charge in [0.15, 0.2) is 5.72 Å². The minimum Gasteiger partial charge on any atom is -0.368 e. The molecule has 1 aromatic carbocycles. The van der Waals surface area contributed by atoms with E-state index in [1.807, 2.05) is 11.8 Å². The van der Waals surface area contributed by atoms with Gasteiger partial charge in [0, 0.05) is 13.0 Å². The molecule has 0 bridgehead atoms. The minimum absolute atomic E-state index is 0.0714. The molecule has 2 saturated heterocycles. The molecule has 2 aliphatic rings. The predicted octanol–water partition coefficient (Wildman–Crippen LogP) is 2.95. The molecule has 0 radical (unpaired) electrons.